The Morgan fingerprint density at radius 3 is 2.47 bits per heavy atom. The Labute approximate surface area is 88.6 Å². The Bertz CT molecular complexity index is 282. The molecular weight excluding hydrogens is 196 g/mol. The zero-order valence-corrected chi connectivity index (χ0v) is 8.85. The number of hydrogen-bond acceptors (Lipinski definition) is 2. The van der Waals surface area contributed by atoms with E-state index in [0.717, 1.165) is 12.8 Å². The quantitative estimate of drug-likeness (QED) is 0.745. The lowest BCUT2D eigenvalue weighted by Crippen LogP contribution is -2.54. The molecule has 5 nitrogen and oxygen atoms in total. The highest BCUT2D eigenvalue weighted by atomic mass is 16.4. The van der Waals surface area contributed by atoms with Crippen LogP contribution in [0.2, 0.25) is 0 Å². The SMILES string of the molecule is CN(C(=O)N1CC(CC(=O)O)C1)C1CC1. The fourth-order valence-corrected chi connectivity index (χ4v) is 1.94. The van der Waals surface area contributed by atoms with Crippen molar-refractivity contribution in [3.63, 3.8) is 0 Å². The van der Waals surface area contributed by atoms with Gasteiger partial charge in [0.1, 0.15) is 0 Å². The van der Waals surface area contributed by atoms with Gasteiger partial charge in [-0.15, -0.1) is 0 Å². The standard InChI is InChI=1S/C10H16N2O3/c1-11(8-2-3-8)10(15)12-5-7(6-12)4-9(13)14/h7-8H,2-6H2,1H3,(H,13,14). The van der Waals surface area contributed by atoms with Crippen molar-refractivity contribution in [3.05, 3.63) is 0 Å². The van der Waals surface area contributed by atoms with Crippen LogP contribution in [0.3, 0.4) is 0 Å². The van der Waals surface area contributed by atoms with Gasteiger partial charge in [-0.3, -0.25) is 4.79 Å². The molecule has 0 aromatic heterocycles. The van der Waals surface area contributed by atoms with Crippen molar-refractivity contribution < 1.29 is 14.7 Å². The molecule has 2 fully saturated rings. The van der Waals surface area contributed by atoms with Gasteiger partial charge in [-0.2, -0.15) is 0 Å². The summed E-state index contributed by atoms with van der Waals surface area (Å²) in [4.78, 5) is 25.7. The highest BCUT2D eigenvalue weighted by molar-refractivity contribution is 5.76. The molecule has 1 heterocycles. The molecule has 15 heavy (non-hydrogen) atoms. The molecule has 0 bridgehead atoms. The van der Waals surface area contributed by atoms with Gasteiger partial charge >= 0.3 is 12.0 Å². The highest BCUT2D eigenvalue weighted by Gasteiger charge is 2.37. The van der Waals surface area contributed by atoms with E-state index >= 15 is 0 Å². The molecule has 0 aromatic rings. The number of amides is 2. The van der Waals surface area contributed by atoms with Crippen molar-refractivity contribution >= 4 is 12.0 Å². The second-order valence-corrected chi connectivity index (χ2v) is 4.49. The van der Waals surface area contributed by atoms with E-state index in [1.165, 1.54) is 0 Å². The molecule has 1 saturated carbocycles. The molecule has 2 aliphatic rings. The highest BCUT2D eigenvalue weighted by Crippen LogP contribution is 2.28. The van der Waals surface area contributed by atoms with Crippen molar-refractivity contribution in [3.8, 4) is 0 Å². The Kier molecular flexibility index (Phi) is 2.54. The van der Waals surface area contributed by atoms with Gasteiger partial charge in [-0.05, 0) is 12.8 Å². The van der Waals surface area contributed by atoms with Crippen LogP contribution in [-0.4, -0.2) is 53.1 Å². The maximum absolute atomic E-state index is 11.7. The Balaban J connectivity index is 1.73. The fourth-order valence-electron chi connectivity index (χ4n) is 1.94. The number of urea groups is 1. The number of carbonyl (C=O) groups is 2. The molecule has 0 atom stereocenters. The van der Waals surface area contributed by atoms with E-state index in [2.05, 4.69) is 0 Å². The van der Waals surface area contributed by atoms with Crippen molar-refractivity contribution in [2.75, 3.05) is 20.1 Å². The molecule has 1 aliphatic carbocycles. The first kappa shape index (κ1) is 10.3. The summed E-state index contributed by atoms with van der Waals surface area (Å²) in [5.74, 6) is -0.623. The molecule has 1 aliphatic heterocycles. The molecule has 0 radical (unpaired) electrons. The lowest BCUT2D eigenvalue weighted by Gasteiger charge is -2.40. The van der Waals surface area contributed by atoms with E-state index in [1.807, 2.05) is 7.05 Å². The molecular formula is C10H16N2O3. The third-order valence-corrected chi connectivity index (χ3v) is 3.09. The maximum Gasteiger partial charge on any atom is 0.320 e. The smallest absolute Gasteiger partial charge is 0.320 e. The molecule has 5 heteroatoms. The summed E-state index contributed by atoms with van der Waals surface area (Å²) in [5, 5.41) is 8.57. The van der Waals surface area contributed by atoms with Crippen LogP contribution < -0.4 is 0 Å². The van der Waals surface area contributed by atoms with Gasteiger partial charge in [-0.25, -0.2) is 4.79 Å². The summed E-state index contributed by atoms with van der Waals surface area (Å²) in [6.45, 7) is 1.20. The first-order valence-corrected chi connectivity index (χ1v) is 5.31. The van der Waals surface area contributed by atoms with Crippen molar-refractivity contribution in [1.29, 1.82) is 0 Å². The van der Waals surface area contributed by atoms with Crippen LogP contribution in [-0.2, 0) is 4.79 Å². The largest absolute Gasteiger partial charge is 0.481 e. The van der Waals surface area contributed by atoms with E-state index in [9.17, 15) is 9.59 Å². The summed E-state index contributed by atoms with van der Waals surface area (Å²) in [7, 11) is 1.82. The van der Waals surface area contributed by atoms with Crippen molar-refractivity contribution in [2.24, 2.45) is 5.92 Å². The van der Waals surface area contributed by atoms with Gasteiger partial charge in [0.2, 0.25) is 0 Å². The lowest BCUT2D eigenvalue weighted by atomic mass is 9.97. The van der Waals surface area contributed by atoms with Crippen LogP contribution in [0.25, 0.3) is 0 Å². The number of nitrogens with zero attached hydrogens (tertiary/aromatic N) is 2. The minimum Gasteiger partial charge on any atom is -0.481 e. The number of carbonyl (C=O) groups excluding carboxylic acids is 1. The minimum atomic E-state index is -0.775. The number of likely N-dealkylation sites (tertiary alicyclic amines) is 1. The Morgan fingerprint density at radius 1 is 1.40 bits per heavy atom. The van der Waals surface area contributed by atoms with Crippen molar-refractivity contribution in [2.45, 2.75) is 25.3 Å². The van der Waals surface area contributed by atoms with Gasteiger partial charge < -0.3 is 14.9 Å². The van der Waals surface area contributed by atoms with E-state index in [1.54, 1.807) is 9.80 Å². The molecule has 2 rings (SSSR count). The maximum atomic E-state index is 11.7. The molecule has 1 saturated heterocycles. The lowest BCUT2D eigenvalue weighted by molar-refractivity contribution is -0.139. The number of aliphatic carboxylic acids is 1. The third-order valence-electron chi connectivity index (χ3n) is 3.09. The summed E-state index contributed by atoms with van der Waals surface area (Å²) < 4.78 is 0. The van der Waals surface area contributed by atoms with E-state index in [0.29, 0.717) is 19.1 Å². The van der Waals surface area contributed by atoms with Crippen LogP contribution in [0.5, 0.6) is 0 Å². The average Bonchev–Trinajstić information content (AvgIpc) is 2.90. The van der Waals surface area contributed by atoms with Gasteiger partial charge in [0.15, 0.2) is 0 Å². The zero-order chi connectivity index (χ0) is 11.0. The molecule has 0 unspecified atom stereocenters. The number of carboxylic acids is 1. The van der Waals surface area contributed by atoms with Gasteiger partial charge in [0.25, 0.3) is 0 Å². The van der Waals surface area contributed by atoms with Crippen molar-refractivity contribution in [1.82, 2.24) is 9.80 Å². The van der Waals surface area contributed by atoms with Gasteiger partial charge in [0, 0.05) is 32.1 Å². The summed E-state index contributed by atoms with van der Waals surface area (Å²) in [5.41, 5.74) is 0. The predicted octanol–water partition coefficient (Wildman–Crippen LogP) is 0.607. The molecule has 2 amide bonds. The van der Waals surface area contributed by atoms with Crippen LogP contribution in [0.4, 0.5) is 4.79 Å². The van der Waals surface area contributed by atoms with Gasteiger partial charge in [0.05, 0.1) is 6.42 Å². The second kappa shape index (κ2) is 3.72. The zero-order valence-electron chi connectivity index (χ0n) is 8.85. The molecule has 84 valence electrons. The van der Waals surface area contributed by atoms with E-state index in [4.69, 9.17) is 5.11 Å². The molecule has 1 N–H and O–H groups in total. The Morgan fingerprint density at radius 2 is 2.00 bits per heavy atom. The molecule has 0 spiro atoms. The minimum absolute atomic E-state index is 0.0548. The van der Waals surface area contributed by atoms with Crippen LogP contribution in [0, 0.1) is 5.92 Å². The van der Waals surface area contributed by atoms with Crippen LogP contribution in [0.1, 0.15) is 19.3 Å². The van der Waals surface area contributed by atoms with E-state index in [-0.39, 0.29) is 18.4 Å². The first-order chi connectivity index (χ1) is 7.08. The van der Waals surface area contributed by atoms with Gasteiger partial charge in [-0.1, -0.05) is 0 Å². The topological polar surface area (TPSA) is 60.9 Å². The normalized spacial score (nSPS) is 21.0. The first-order valence-electron chi connectivity index (χ1n) is 5.31. The number of hydrogen-bond donors (Lipinski definition) is 1. The van der Waals surface area contributed by atoms with Crippen LogP contribution in [0.15, 0.2) is 0 Å². The van der Waals surface area contributed by atoms with E-state index < -0.39 is 5.97 Å². The summed E-state index contributed by atoms with van der Waals surface area (Å²) >= 11 is 0. The predicted molar refractivity (Wildman–Crippen MR) is 53.5 cm³/mol. The second-order valence-electron chi connectivity index (χ2n) is 4.49. The summed E-state index contributed by atoms with van der Waals surface area (Å²) in [6.07, 6.45) is 2.39. The monoisotopic (exact) mass is 212 g/mol. The Hall–Kier alpha value is -1.26. The number of carboxylic acid groups (broad SMARTS) is 1. The third kappa shape index (κ3) is 2.22. The fraction of sp³-hybridized carbons (Fsp3) is 0.800. The summed E-state index contributed by atoms with van der Waals surface area (Å²) in [6, 6.07) is 0.482. The molecule has 0 aromatic carbocycles. The van der Waals surface area contributed by atoms with Crippen LogP contribution >= 0.6 is 0 Å². The average molecular weight is 212 g/mol. The number of rotatable bonds is 3.